The summed E-state index contributed by atoms with van der Waals surface area (Å²) in [5.41, 5.74) is 0.313. The Bertz CT molecular complexity index is 264. The van der Waals surface area contributed by atoms with Gasteiger partial charge in [-0.05, 0) is 31.1 Å². The van der Waals surface area contributed by atoms with E-state index in [1.165, 1.54) is 12.8 Å². The molecule has 2 heterocycles. The van der Waals surface area contributed by atoms with Crippen molar-refractivity contribution in [3.63, 3.8) is 0 Å². The maximum absolute atomic E-state index is 9.84. The van der Waals surface area contributed by atoms with Crippen LogP contribution in [-0.2, 0) is 0 Å². The monoisotopic (exact) mass is 254 g/mol. The summed E-state index contributed by atoms with van der Waals surface area (Å²) in [5, 5.41) is 13.4. The molecule has 2 bridgehead atoms. The number of hydrogen-bond donors (Lipinski definition) is 2. The Balaban J connectivity index is 1.89. The molecule has 3 nitrogen and oxygen atoms in total. The Labute approximate surface area is 112 Å². The van der Waals surface area contributed by atoms with E-state index in [0.717, 1.165) is 25.9 Å². The van der Waals surface area contributed by atoms with Crippen LogP contribution < -0.4 is 5.32 Å². The Kier molecular flexibility index (Phi) is 4.35. The summed E-state index contributed by atoms with van der Waals surface area (Å²) < 4.78 is 0. The maximum atomic E-state index is 9.84. The fraction of sp³-hybridized carbons (Fsp3) is 1.00. The van der Waals surface area contributed by atoms with Gasteiger partial charge in [-0.2, -0.15) is 0 Å². The molecule has 0 aromatic heterocycles. The van der Waals surface area contributed by atoms with Crippen molar-refractivity contribution in [1.82, 2.24) is 10.2 Å². The van der Waals surface area contributed by atoms with Crippen molar-refractivity contribution in [1.29, 1.82) is 0 Å². The highest BCUT2D eigenvalue weighted by Gasteiger charge is 2.41. The molecule has 2 aliphatic rings. The van der Waals surface area contributed by atoms with E-state index in [9.17, 15) is 5.11 Å². The Morgan fingerprint density at radius 1 is 1.22 bits per heavy atom. The summed E-state index contributed by atoms with van der Waals surface area (Å²) in [6.07, 6.45) is 4.51. The molecule has 2 N–H and O–H groups in total. The molecule has 2 aliphatic heterocycles. The number of aliphatic hydroxyl groups excluding tert-OH is 1. The summed E-state index contributed by atoms with van der Waals surface area (Å²) in [6, 6.07) is 1.83. The van der Waals surface area contributed by atoms with E-state index in [2.05, 4.69) is 37.9 Å². The fourth-order valence-corrected chi connectivity index (χ4v) is 3.53. The fourth-order valence-electron chi connectivity index (χ4n) is 3.53. The highest BCUT2D eigenvalue weighted by molar-refractivity contribution is 4.97. The number of nitrogens with one attached hydrogen (secondary N) is 1. The van der Waals surface area contributed by atoms with Gasteiger partial charge in [0.15, 0.2) is 0 Å². The molecule has 0 spiro atoms. The minimum Gasteiger partial charge on any atom is -0.393 e. The van der Waals surface area contributed by atoms with Gasteiger partial charge in [-0.25, -0.2) is 0 Å². The zero-order chi connectivity index (χ0) is 13.3. The van der Waals surface area contributed by atoms with Crippen molar-refractivity contribution in [3.8, 4) is 0 Å². The quantitative estimate of drug-likeness (QED) is 0.788. The van der Waals surface area contributed by atoms with E-state index in [-0.39, 0.29) is 6.10 Å². The normalized spacial score (nSPS) is 33.3. The molecule has 2 fully saturated rings. The largest absolute Gasteiger partial charge is 0.393 e. The number of piperidine rings is 1. The number of hydrogen-bond acceptors (Lipinski definition) is 3. The number of aliphatic hydroxyl groups is 1. The lowest BCUT2D eigenvalue weighted by atomic mass is 9.89. The second-order valence-electron chi connectivity index (χ2n) is 7.38. The molecule has 2 unspecified atom stereocenters. The van der Waals surface area contributed by atoms with Crippen LogP contribution in [0.2, 0.25) is 0 Å². The highest BCUT2D eigenvalue weighted by atomic mass is 16.3. The van der Waals surface area contributed by atoms with Gasteiger partial charge in [0.25, 0.3) is 0 Å². The second kappa shape index (κ2) is 5.48. The van der Waals surface area contributed by atoms with E-state index < -0.39 is 0 Å². The van der Waals surface area contributed by atoms with Crippen molar-refractivity contribution in [2.45, 2.75) is 77.6 Å². The number of fused-ring (bicyclic) bond motifs is 2. The van der Waals surface area contributed by atoms with Crippen LogP contribution >= 0.6 is 0 Å². The molecule has 2 rings (SSSR count). The maximum Gasteiger partial charge on any atom is 0.0570 e. The van der Waals surface area contributed by atoms with Gasteiger partial charge in [0.05, 0.1) is 6.10 Å². The van der Waals surface area contributed by atoms with Gasteiger partial charge < -0.3 is 10.4 Å². The number of nitrogens with zero attached hydrogens (tertiary/aromatic N) is 1. The van der Waals surface area contributed by atoms with Gasteiger partial charge in [0.1, 0.15) is 0 Å². The summed E-state index contributed by atoms with van der Waals surface area (Å²) in [5.74, 6) is 0. The van der Waals surface area contributed by atoms with Gasteiger partial charge in [0, 0.05) is 31.2 Å². The van der Waals surface area contributed by atoms with E-state index >= 15 is 0 Å². The first kappa shape index (κ1) is 14.3. The van der Waals surface area contributed by atoms with E-state index in [0.29, 0.717) is 23.5 Å². The second-order valence-corrected chi connectivity index (χ2v) is 7.38. The lowest BCUT2D eigenvalue weighted by Crippen LogP contribution is -2.50. The van der Waals surface area contributed by atoms with Gasteiger partial charge in [-0.3, -0.25) is 4.90 Å². The molecule has 0 radical (unpaired) electrons. The molecular formula is C15H30N2O. The molecular weight excluding hydrogens is 224 g/mol. The van der Waals surface area contributed by atoms with E-state index in [1.54, 1.807) is 0 Å². The third-order valence-electron chi connectivity index (χ3n) is 4.46. The van der Waals surface area contributed by atoms with Crippen molar-refractivity contribution in [3.05, 3.63) is 0 Å². The van der Waals surface area contributed by atoms with Crippen LogP contribution in [0.15, 0.2) is 0 Å². The van der Waals surface area contributed by atoms with Crippen molar-refractivity contribution in [2.75, 3.05) is 13.1 Å². The average Bonchev–Trinajstić information content (AvgIpc) is 2.49. The molecule has 0 aromatic rings. The zero-order valence-corrected chi connectivity index (χ0v) is 12.4. The van der Waals surface area contributed by atoms with Gasteiger partial charge in [-0.1, -0.05) is 27.7 Å². The lowest BCUT2D eigenvalue weighted by Gasteiger charge is -2.42. The van der Waals surface area contributed by atoms with Crippen LogP contribution in [0.4, 0.5) is 0 Å². The molecule has 0 saturated carbocycles. The van der Waals surface area contributed by atoms with Crippen molar-refractivity contribution in [2.24, 2.45) is 5.41 Å². The smallest absolute Gasteiger partial charge is 0.0570 e. The predicted octanol–water partition coefficient (Wildman–Crippen LogP) is 2.00. The summed E-state index contributed by atoms with van der Waals surface area (Å²) >= 11 is 0. The van der Waals surface area contributed by atoms with E-state index in [4.69, 9.17) is 0 Å². The summed E-state index contributed by atoms with van der Waals surface area (Å²) in [4.78, 5) is 2.68. The third-order valence-corrected chi connectivity index (χ3v) is 4.46. The van der Waals surface area contributed by atoms with Gasteiger partial charge in [0.2, 0.25) is 0 Å². The Morgan fingerprint density at radius 2 is 1.78 bits per heavy atom. The van der Waals surface area contributed by atoms with Crippen molar-refractivity contribution >= 4 is 0 Å². The lowest BCUT2D eigenvalue weighted by molar-refractivity contribution is 0.0155. The Morgan fingerprint density at radius 3 is 2.28 bits per heavy atom. The van der Waals surface area contributed by atoms with Crippen LogP contribution in [0.1, 0.15) is 53.4 Å². The SMILES string of the molecule is CC(C)NCC(C)(C)CN1C2CCC1CC(O)C2. The third kappa shape index (κ3) is 3.46. The minimum atomic E-state index is -0.0457. The van der Waals surface area contributed by atoms with Crippen molar-refractivity contribution < 1.29 is 5.11 Å². The average molecular weight is 254 g/mol. The standard InChI is InChI=1S/C15H30N2O/c1-11(2)16-9-15(3,4)10-17-12-5-6-13(17)8-14(18)7-12/h11-14,16,18H,5-10H2,1-4H3. The van der Waals surface area contributed by atoms with Crippen LogP contribution in [0.3, 0.4) is 0 Å². The molecule has 106 valence electrons. The highest BCUT2D eigenvalue weighted by Crippen LogP contribution is 2.37. The minimum absolute atomic E-state index is 0.0457. The van der Waals surface area contributed by atoms with Crippen LogP contribution in [0.5, 0.6) is 0 Å². The number of rotatable bonds is 5. The van der Waals surface area contributed by atoms with E-state index in [1.807, 2.05) is 0 Å². The molecule has 0 amide bonds. The summed E-state index contributed by atoms with van der Waals surface area (Å²) in [7, 11) is 0. The van der Waals surface area contributed by atoms with Crippen LogP contribution in [0.25, 0.3) is 0 Å². The van der Waals surface area contributed by atoms with Crippen LogP contribution in [-0.4, -0.2) is 47.3 Å². The molecule has 2 saturated heterocycles. The molecule has 3 heteroatoms. The molecule has 2 atom stereocenters. The summed E-state index contributed by atoms with van der Waals surface area (Å²) in [6.45, 7) is 11.4. The van der Waals surface area contributed by atoms with Gasteiger partial charge in [-0.15, -0.1) is 0 Å². The zero-order valence-electron chi connectivity index (χ0n) is 12.4. The predicted molar refractivity (Wildman–Crippen MR) is 75.7 cm³/mol. The Hall–Kier alpha value is -0.120. The molecule has 0 aliphatic carbocycles. The topological polar surface area (TPSA) is 35.5 Å². The molecule has 0 aromatic carbocycles. The van der Waals surface area contributed by atoms with Gasteiger partial charge >= 0.3 is 0 Å². The molecule has 18 heavy (non-hydrogen) atoms. The first-order chi connectivity index (χ1) is 8.37. The first-order valence-corrected chi connectivity index (χ1v) is 7.54. The first-order valence-electron chi connectivity index (χ1n) is 7.54. The van der Waals surface area contributed by atoms with Crippen LogP contribution in [0, 0.1) is 5.41 Å².